The summed E-state index contributed by atoms with van der Waals surface area (Å²) in [7, 11) is 0. The van der Waals surface area contributed by atoms with Gasteiger partial charge in [0, 0.05) is 30.1 Å². The van der Waals surface area contributed by atoms with Crippen LogP contribution in [0.3, 0.4) is 0 Å². The van der Waals surface area contributed by atoms with Crippen molar-refractivity contribution in [3.05, 3.63) is 70.7 Å². The van der Waals surface area contributed by atoms with Gasteiger partial charge in [0.25, 0.3) is 0 Å². The molecule has 2 unspecified atom stereocenters. The highest BCUT2D eigenvalue weighted by Crippen LogP contribution is 2.32. The van der Waals surface area contributed by atoms with Gasteiger partial charge >= 0.3 is 5.69 Å². The number of carbonyl (C=O) groups excluding carboxylic acids is 1. The average molecular weight is 514 g/mol. The zero-order valence-electron chi connectivity index (χ0n) is 22.1. The Labute approximate surface area is 222 Å². The van der Waals surface area contributed by atoms with Crippen molar-refractivity contribution >= 4 is 5.78 Å². The summed E-state index contributed by atoms with van der Waals surface area (Å²) < 4.78 is 3.56. The van der Waals surface area contributed by atoms with Gasteiger partial charge in [-0.3, -0.25) is 18.9 Å². The van der Waals surface area contributed by atoms with Gasteiger partial charge in [-0.2, -0.15) is 5.21 Å². The third-order valence-electron chi connectivity index (χ3n) is 7.66. The molecule has 1 saturated carbocycles. The Bertz CT molecular complexity index is 1440. The van der Waals surface area contributed by atoms with Crippen LogP contribution in [0.25, 0.3) is 22.5 Å². The first-order valence-corrected chi connectivity index (χ1v) is 13.7. The predicted octanol–water partition coefficient (Wildman–Crippen LogP) is 4.99. The molecular weight excluding hydrogens is 478 g/mol. The van der Waals surface area contributed by atoms with Gasteiger partial charge in [0.15, 0.2) is 5.78 Å². The van der Waals surface area contributed by atoms with Gasteiger partial charge in [-0.05, 0) is 66.1 Å². The highest BCUT2D eigenvalue weighted by atomic mass is 16.2. The summed E-state index contributed by atoms with van der Waals surface area (Å²) in [5.41, 5.74) is 4.51. The van der Waals surface area contributed by atoms with Crippen LogP contribution in [0.15, 0.2) is 53.6 Å². The Hall–Kier alpha value is -3.88. The molecule has 3 heterocycles. The number of hydrogen-bond acceptors (Lipinski definition) is 6. The molecule has 198 valence electrons. The minimum absolute atomic E-state index is 0.110. The van der Waals surface area contributed by atoms with Crippen LogP contribution in [-0.2, 0) is 17.8 Å². The van der Waals surface area contributed by atoms with E-state index in [0.717, 1.165) is 73.0 Å². The second kappa shape index (κ2) is 11.7. The number of H-pyrrole nitrogens is 1. The molecule has 9 nitrogen and oxygen atoms in total. The normalized spacial score (nSPS) is 18.0. The Morgan fingerprint density at radius 1 is 1.05 bits per heavy atom. The van der Waals surface area contributed by atoms with E-state index in [1.807, 2.05) is 47.2 Å². The number of aromatic amines is 1. The summed E-state index contributed by atoms with van der Waals surface area (Å²) in [4.78, 5) is 31.6. The predicted molar refractivity (Wildman–Crippen MR) is 146 cm³/mol. The molecule has 1 aromatic carbocycles. The summed E-state index contributed by atoms with van der Waals surface area (Å²) in [6.07, 6.45) is 10.9. The lowest BCUT2D eigenvalue weighted by Crippen LogP contribution is -2.35. The number of rotatable bonds is 9. The highest BCUT2D eigenvalue weighted by molar-refractivity contribution is 5.83. The number of pyridine rings is 1. The van der Waals surface area contributed by atoms with Crippen LogP contribution < -0.4 is 5.69 Å². The first kappa shape index (κ1) is 25.8. The number of benzene rings is 1. The van der Waals surface area contributed by atoms with E-state index in [1.54, 1.807) is 10.8 Å². The van der Waals surface area contributed by atoms with Crippen LogP contribution >= 0.6 is 0 Å². The molecule has 0 radical (unpaired) electrons. The molecule has 1 N–H and O–H groups in total. The SMILES string of the molecule is CCCCc1cn(C2C(=O)CCCCC2CC)c(=O)n1Cc1cc(-c2cccc(-c3nn[nH]n3)c2)ccn1. The zero-order chi connectivity index (χ0) is 26.5. The highest BCUT2D eigenvalue weighted by Gasteiger charge is 2.32. The third-order valence-corrected chi connectivity index (χ3v) is 7.66. The van der Waals surface area contributed by atoms with Crippen LogP contribution in [0.5, 0.6) is 0 Å². The maximum atomic E-state index is 13.8. The van der Waals surface area contributed by atoms with Crippen molar-refractivity contribution in [1.29, 1.82) is 0 Å². The Morgan fingerprint density at radius 3 is 2.68 bits per heavy atom. The number of aromatic nitrogens is 7. The van der Waals surface area contributed by atoms with Crippen molar-refractivity contribution in [3.63, 3.8) is 0 Å². The van der Waals surface area contributed by atoms with E-state index in [2.05, 4.69) is 39.5 Å². The lowest BCUT2D eigenvalue weighted by Gasteiger charge is -2.23. The first-order valence-electron chi connectivity index (χ1n) is 13.7. The fourth-order valence-electron chi connectivity index (χ4n) is 5.59. The van der Waals surface area contributed by atoms with E-state index in [9.17, 15) is 9.59 Å². The molecule has 0 aliphatic heterocycles. The van der Waals surface area contributed by atoms with E-state index in [1.165, 1.54) is 0 Å². The molecule has 1 fully saturated rings. The number of nitrogens with zero attached hydrogens (tertiary/aromatic N) is 6. The lowest BCUT2D eigenvalue weighted by molar-refractivity contribution is -0.123. The molecule has 0 saturated heterocycles. The Balaban J connectivity index is 1.49. The molecule has 0 amide bonds. The number of aryl methyl sites for hydroxylation is 1. The topological polar surface area (TPSA) is 111 Å². The maximum Gasteiger partial charge on any atom is 0.329 e. The number of nitrogens with one attached hydrogen (secondary N) is 1. The summed E-state index contributed by atoms with van der Waals surface area (Å²) in [6, 6.07) is 11.6. The van der Waals surface area contributed by atoms with Gasteiger partial charge in [-0.1, -0.05) is 51.3 Å². The minimum Gasteiger partial charge on any atom is -0.297 e. The number of tetrazole rings is 1. The molecular formula is C29H35N7O2. The zero-order valence-corrected chi connectivity index (χ0v) is 22.1. The molecule has 4 aromatic rings. The first-order chi connectivity index (χ1) is 18.6. The standard InChI is InChI=1S/C29H35N7O2/c1-3-5-12-25-19-36(27-20(4-2)9-6-7-13-26(27)37)29(38)35(25)18-24-17-22(14-15-30-24)21-10-8-11-23(16-21)28-31-33-34-32-28/h8,10-11,14-17,19-20,27H,3-7,9,12-13,18H2,1-2H3,(H,31,32,33,34). The molecule has 0 bridgehead atoms. The van der Waals surface area contributed by atoms with E-state index in [4.69, 9.17) is 0 Å². The van der Waals surface area contributed by atoms with Crippen LogP contribution in [0.1, 0.15) is 76.2 Å². The number of imidazole rings is 1. The smallest absolute Gasteiger partial charge is 0.297 e. The molecule has 3 aromatic heterocycles. The second-order valence-corrected chi connectivity index (χ2v) is 10.2. The maximum absolute atomic E-state index is 13.8. The molecule has 1 aliphatic rings. The van der Waals surface area contributed by atoms with Crippen LogP contribution in [0.4, 0.5) is 0 Å². The number of hydrogen-bond donors (Lipinski definition) is 1. The summed E-state index contributed by atoms with van der Waals surface area (Å²) >= 11 is 0. The molecule has 0 spiro atoms. The van der Waals surface area contributed by atoms with Gasteiger partial charge in [0.05, 0.1) is 18.3 Å². The van der Waals surface area contributed by atoms with Gasteiger partial charge in [0.2, 0.25) is 5.82 Å². The van der Waals surface area contributed by atoms with Gasteiger partial charge in [-0.25, -0.2) is 4.79 Å². The summed E-state index contributed by atoms with van der Waals surface area (Å²) in [6.45, 7) is 4.63. The van der Waals surface area contributed by atoms with Crippen molar-refractivity contribution in [1.82, 2.24) is 34.7 Å². The lowest BCUT2D eigenvalue weighted by atomic mass is 9.91. The van der Waals surface area contributed by atoms with Gasteiger partial charge in [0.1, 0.15) is 0 Å². The quantitative estimate of drug-likeness (QED) is 0.316. The van der Waals surface area contributed by atoms with Crippen molar-refractivity contribution < 1.29 is 4.79 Å². The molecule has 38 heavy (non-hydrogen) atoms. The number of carbonyl (C=O) groups is 1. The van der Waals surface area contributed by atoms with Crippen molar-refractivity contribution in [3.8, 4) is 22.5 Å². The third kappa shape index (κ3) is 5.37. The van der Waals surface area contributed by atoms with Gasteiger partial charge in [-0.15, -0.1) is 10.2 Å². The van der Waals surface area contributed by atoms with Crippen molar-refractivity contribution in [2.75, 3.05) is 0 Å². The second-order valence-electron chi connectivity index (χ2n) is 10.2. The summed E-state index contributed by atoms with van der Waals surface area (Å²) in [5, 5.41) is 14.3. The summed E-state index contributed by atoms with van der Waals surface area (Å²) in [5.74, 6) is 0.927. The van der Waals surface area contributed by atoms with Crippen LogP contribution in [0, 0.1) is 5.92 Å². The molecule has 2 atom stereocenters. The van der Waals surface area contributed by atoms with E-state index < -0.39 is 0 Å². The molecule has 1 aliphatic carbocycles. The Kier molecular flexibility index (Phi) is 7.91. The van der Waals surface area contributed by atoms with Gasteiger partial charge < -0.3 is 0 Å². The molecule has 9 heteroatoms. The van der Waals surface area contributed by atoms with Crippen molar-refractivity contribution in [2.24, 2.45) is 5.92 Å². The minimum atomic E-state index is -0.371. The van der Waals surface area contributed by atoms with Crippen molar-refractivity contribution in [2.45, 2.75) is 77.8 Å². The van der Waals surface area contributed by atoms with E-state index in [-0.39, 0.29) is 23.4 Å². The van der Waals surface area contributed by atoms with E-state index >= 15 is 0 Å². The number of unbranched alkanes of at least 4 members (excludes halogenated alkanes) is 1. The Morgan fingerprint density at radius 2 is 1.89 bits per heavy atom. The fraction of sp³-hybridized carbons (Fsp3) is 0.448. The number of Topliss-reactive ketones (excluding diaryl/α,β-unsaturated/α-hetero) is 1. The largest absolute Gasteiger partial charge is 0.329 e. The van der Waals surface area contributed by atoms with Crippen LogP contribution in [-0.4, -0.2) is 40.5 Å². The average Bonchev–Trinajstić information content (AvgIpc) is 3.54. The monoisotopic (exact) mass is 513 g/mol. The van der Waals surface area contributed by atoms with Crippen LogP contribution in [0.2, 0.25) is 0 Å². The van der Waals surface area contributed by atoms with E-state index in [0.29, 0.717) is 18.8 Å². The fourth-order valence-corrected chi connectivity index (χ4v) is 5.59. The molecule has 5 rings (SSSR count). The number of ketones is 1.